The lowest BCUT2D eigenvalue weighted by molar-refractivity contribution is -0.114. The summed E-state index contributed by atoms with van der Waals surface area (Å²) in [7, 11) is 4.19. The average molecular weight is 212 g/mol. The monoisotopic (exact) mass is 212 g/mol. The van der Waals surface area contributed by atoms with Crippen LogP contribution in [0.2, 0.25) is 0 Å². The van der Waals surface area contributed by atoms with Crippen molar-refractivity contribution in [3.8, 4) is 0 Å². The topological polar surface area (TPSA) is 46.3 Å². The van der Waals surface area contributed by atoms with Crippen LogP contribution < -0.4 is 5.73 Å². The molecule has 1 amide bonds. The summed E-state index contributed by atoms with van der Waals surface area (Å²) in [6, 6.07) is 0. The molecule has 0 heterocycles. The van der Waals surface area contributed by atoms with Crippen molar-refractivity contribution < 1.29 is 4.79 Å². The standard InChI is InChI=1S/C12H24N2O/c1-11(12(13)15)9-7-5-4-6-8-10-14(2)3/h9H,4-8,10H2,1-3H3,(H2,13,15). The van der Waals surface area contributed by atoms with E-state index in [1.807, 2.05) is 6.08 Å². The maximum Gasteiger partial charge on any atom is 0.244 e. The molecule has 0 fully saturated rings. The van der Waals surface area contributed by atoms with Crippen molar-refractivity contribution in [1.82, 2.24) is 4.90 Å². The van der Waals surface area contributed by atoms with Gasteiger partial charge in [0.25, 0.3) is 0 Å². The van der Waals surface area contributed by atoms with Gasteiger partial charge >= 0.3 is 0 Å². The highest BCUT2D eigenvalue weighted by atomic mass is 16.1. The molecule has 3 nitrogen and oxygen atoms in total. The van der Waals surface area contributed by atoms with E-state index in [4.69, 9.17) is 5.73 Å². The average Bonchev–Trinajstić information content (AvgIpc) is 2.15. The van der Waals surface area contributed by atoms with E-state index in [1.54, 1.807) is 6.92 Å². The molecule has 0 aromatic carbocycles. The van der Waals surface area contributed by atoms with Gasteiger partial charge in [-0.15, -0.1) is 0 Å². The lowest BCUT2D eigenvalue weighted by atomic mass is 10.1. The Labute approximate surface area is 93.3 Å². The van der Waals surface area contributed by atoms with E-state index >= 15 is 0 Å². The number of nitrogens with zero attached hydrogens (tertiary/aromatic N) is 1. The number of hydrogen-bond acceptors (Lipinski definition) is 2. The first-order valence-electron chi connectivity index (χ1n) is 5.65. The molecule has 0 spiro atoms. The third-order valence-electron chi connectivity index (χ3n) is 2.40. The van der Waals surface area contributed by atoms with E-state index in [0.29, 0.717) is 5.57 Å². The Morgan fingerprint density at radius 1 is 1.20 bits per heavy atom. The van der Waals surface area contributed by atoms with Gasteiger partial charge in [-0.05, 0) is 46.8 Å². The second-order valence-corrected chi connectivity index (χ2v) is 4.26. The van der Waals surface area contributed by atoms with E-state index in [1.165, 1.54) is 19.3 Å². The van der Waals surface area contributed by atoms with Crippen molar-refractivity contribution in [2.75, 3.05) is 20.6 Å². The molecule has 0 unspecified atom stereocenters. The molecule has 0 aromatic heterocycles. The Kier molecular flexibility index (Phi) is 8.01. The quantitative estimate of drug-likeness (QED) is 0.493. The Morgan fingerprint density at radius 3 is 2.33 bits per heavy atom. The highest BCUT2D eigenvalue weighted by Crippen LogP contribution is 2.05. The van der Waals surface area contributed by atoms with Gasteiger partial charge in [0, 0.05) is 5.57 Å². The summed E-state index contributed by atoms with van der Waals surface area (Å²) in [5.74, 6) is -0.303. The molecular formula is C12H24N2O. The molecule has 0 saturated heterocycles. The van der Waals surface area contributed by atoms with Gasteiger partial charge in [0.2, 0.25) is 5.91 Å². The molecule has 0 saturated carbocycles. The number of carbonyl (C=O) groups is 1. The molecule has 2 N–H and O–H groups in total. The highest BCUT2D eigenvalue weighted by molar-refractivity contribution is 5.91. The molecular weight excluding hydrogens is 188 g/mol. The summed E-state index contributed by atoms with van der Waals surface area (Å²) in [6.07, 6.45) is 7.81. The van der Waals surface area contributed by atoms with Crippen LogP contribution in [0.15, 0.2) is 11.6 Å². The Morgan fingerprint density at radius 2 is 1.80 bits per heavy atom. The molecule has 88 valence electrons. The zero-order valence-electron chi connectivity index (χ0n) is 10.3. The van der Waals surface area contributed by atoms with Crippen LogP contribution in [0, 0.1) is 0 Å². The van der Waals surface area contributed by atoms with Crippen LogP contribution in [0.1, 0.15) is 39.0 Å². The lowest BCUT2D eigenvalue weighted by Crippen LogP contribution is -2.12. The minimum Gasteiger partial charge on any atom is -0.366 e. The number of primary amides is 1. The first-order chi connectivity index (χ1) is 7.04. The molecule has 0 aliphatic rings. The van der Waals surface area contributed by atoms with E-state index < -0.39 is 0 Å². The Hall–Kier alpha value is -0.830. The number of rotatable bonds is 8. The molecule has 0 aromatic rings. The third kappa shape index (κ3) is 9.47. The number of carbonyl (C=O) groups excluding carboxylic acids is 1. The molecule has 0 atom stereocenters. The Balaban J connectivity index is 3.32. The zero-order valence-corrected chi connectivity index (χ0v) is 10.3. The van der Waals surface area contributed by atoms with Crippen molar-refractivity contribution in [2.45, 2.75) is 39.0 Å². The molecule has 0 rings (SSSR count). The van der Waals surface area contributed by atoms with Crippen LogP contribution in [-0.2, 0) is 4.79 Å². The minimum absolute atomic E-state index is 0.303. The summed E-state index contributed by atoms with van der Waals surface area (Å²) in [4.78, 5) is 12.9. The summed E-state index contributed by atoms with van der Waals surface area (Å²) >= 11 is 0. The van der Waals surface area contributed by atoms with Crippen molar-refractivity contribution in [1.29, 1.82) is 0 Å². The smallest absolute Gasteiger partial charge is 0.244 e. The van der Waals surface area contributed by atoms with Crippen LogP contribution in [0.25, 0.3) is 0 Å². The zero-order chi connectivity index (χ0) is 11.7. The molecule has 0 aliphatic heterocycles. The van der Waals surface area contributed by atoms with Gasteiger partial charge in [0.15, 0.2) is 0 Å². The number of allylic oxidation sites excluding steroid dienone is 1. The summed E-state index contributed by atoms with van der Waals surface area (Å²) in [6.45, 7) is 2.94. The maximum atomic E-state index is 10.7. The summed E-state index contributed by atoms with van der Waals surface area (Å²) in [5.41, 5.74) is 5.80. The van der Waals surface area contributed by atoms with Crippen LogP contribution in [0.5, 0.6) is 0 Å². The van der Waals surface area contributed by atoms with E-state index in [0.717, 1.165) is 19.4 Å². The van der Waals surface area contributed by atoms with Crippen LogP contribution >= 0.6 is 0 Å². The van der Waals surface area contributed by atoms with Crippen molar-refractivity contribution in [3.05, 3.63) is 11.6 Å². The summed E-state index contributed by atoms with van der Waals surface area (Å²) < 4.78 is 0. The highest BCUT2D eigenvalue weighted by Gasteiger charge is 1.95. The van der Waals surface area contributed by atoms with E-state index in [9.17, 15) is 4.79 Å². The third-order valence-corrected chi connectivity index (χ3v) is 2.40. The predicted octanol–water partition coefficient (Wildman–Crippen LogP) is 1.93. The van der Waals surface area contributed by atoms with Crippen LogP contribution in [0.3, 0.4) is 0 Å². The molecule has 0 aliphatic carbocycles. The van der Waals surface area contributed by atoms with Gasteiger partial charge in [-0.3, -0.25) is 4.79 Å². The largest absolute Gasteiger partial charge is 0.366 e. The lowest BCUT2D eigenvalue weighted by Gasteiger charge is -2.08. The van der Waals surface area contributed by atoms with Gasteiger partial charge < -0.3 is 10.6 Å². The van der Waals surface area contributed by atoms with Crippen molar-refractivity contribution in [3.63, 3.8) is 0 Å². The van der Waals surface area contributed by atoms with E-state index in [-0.39, 0.29) is 5.91 Å². The number of hydrogen-bond donors (Lipinski definition) is 1. The second kappa shape index (κ2) is 8.48. The first kappa shape index (κ1) is 14.2. The first-order valence-corrected chi connectivity index (χ1v) is 5.65. The normalized spacial score (nSPS) is 12.1. The fourth-order valence-electron chi connectivity index (χ4n) is 1.35. The van der Waals surface area contributed by atoms with Gasteiger partial charge in [0.05, 0.1) is 0 Å². The van der Waals surface area contributed by atoms with Gasteiger partial charge in [-0.1, -0.05) is 18.9 Å². The predicted molar refractivity (Wildman–Crippen MR) is 64.6 cm³/mol. The fraction of sp³-hybridized carbons (Fsp3) is 0.750. The molecule has 3 heteroatoms. The minimum atomic E-state index is -0.303. The summed E-state index contributed by atoms with van der Waals surface area (Å²) in [5, 5.41) is 0. The molecule has 0 radical (unpaired) electrons. The van der Waals surface area contributed by atoms with Crippen LogP contribution in [-0.4, -0.2) is 31.4 Å². The van der Waals surface area contributed by atoms with E-state index in [2.05, 4.69) is 19.0 Å². The van der Waals surface area contributed by atoms with Crippen LogP contribution in [0.4, 0.5) is 0 Å². The molecule has 0 bridgehead atoms. The van der Waals surface area contributed by atoms with Crippen molar-refractivity contribution >= 4 is 5.91 Å². The van der Waals surface area contributed by atoms with Gasteiger partial charge in [-0.2, -0.15) is 0 Å². The number of amides is 1. The number of unbranched alkanes of at least 4 members (excludes halogenated alkanes) is 4. The van der Waals surface area contributed by atoms with Gasteiger partial charge in [-0.25, -0.2) is 0 Å². The molecule has 15 heavy (non-hydrogen) atoms. The second-order valence-electron chi connectivity index (χ2n) is 4.26. The maximum absolute atomic E-state index is 10.7. The fourth-order valence-corrected chi connectivity index (χ4v) is 1.35. The van der Waals surface area contributed by atoms with Crippen molar-refractivity contribution in [2.24, 2.45) is 5.73 Å². The number of nitrogens with two attached hydrogens (primary N) is 1. The SMILES string of the molecule is CC(=CCCCCCCN(C)C)C(N)=O. The Bertz CT molecular complexity index is 210. The van der Waals surface area contributed by atoms with Gasteiger partial charge in [0.1, 0.15) is 0 Å².